The Hall–Kier alpha value is -3.56. The van der Waals surface area contributed by atoms with Gasteiger partial charge in [0.2, 0.25) is 5.91 Å². The van der Waals surface area contributed by atoms with Crippen molar-refractivity contribution in [2.24, 2.45) is 7.05 Å². The van der Waals surface area contributed by atoms with E-state index in [1.54, 1.807) is 4.68 Å². The van der Waals surface area contributed by atoms with Crippen LogP contribution in [0.2, 0.25) is 0 Å². The lowest BCUT2D eigenvalue weighted by atomic mass is 9.95. The Labute approximate surface area is 207 Å². The summed E-state index contributed by atoms with van der Waals surface area (Å²) in [4.78, 5) is 34.0. The lowest BCUT2D eigenvalue weighted by Gasteiger charge is -2.16. The number of aryl methyl sites for hydroxylation is 1. The van der Waals surface area contributed by atoms with Crippen LogP contribution in [-0.2, 0) is 35.1 Å². The normalized spacial score (nSPS) is 14.3. The van der Waals surface area contributed by atoms with Crippen molar-refractivity contribution >= 4 is 39.1 Å². The van der Waals surface area contributed by atoms with Crippen molar-refractivity contribution < 1.29 is 14.3 Å². The van der Waals surface area contributed by atoms with Crippen LogP contribution in [0.3, 0.4) is 0 Å². The smallest absolute Gasteiger partial charge is 0.350 e. The summed E-state index contributed by atoms with van der Waals surface area (Å²) in [6.07, 6.45) is 5.41. The van der Waals surface area contributed by atoms with Gasteiger partial charge in [-0.25, -0.2) is 9.78 Å². The monoisotopic (exact) mass is 489 g/mol. The Balaban J connectivity index is 1.41. The number of hydrogen-bond donors (Lipinski definition) is 1. The highest BCUT2D eigenvalue weighted by atomic mass is 32.1. The molecule has 0 spiro atoms. The Morgan fingerprint density at radius 1 is 1.17 bits per heavy atom. The van der Waals surface area contributed by atoms with E-state index >= 15 is 0 Å². The first-order valence-corrected chi connectivity index (χ1v) is 12.2. The molecule has 0 unspecified atom stereocenters. The zero-order chi connectivity index (χ0) is 24.6. The molecule has 1 aliphatic carbocycles. The van der Waals surface area contributed by atoms with Crippen LogP contribution in [0, 0.1) is 0 Å². The second-order valence-corrected chi connectivity index (χ2v) is 10.0. The third-order valence-electron chi connectivity index (χ3n) is 6.38. The van der Waals surface area contributed by atoms with Crippen LogP contribution in [0.25, 0.3) is 10.2 Å². The van der Waals surface area contributed by atoms with Gasteiger partial charge in [-0.2, -0.15) is 5.10 Å². The number of amides is 1. The SMILES string of the molecule is COC(=O)c1sc2nc(CN(C)Cc3cnn(C)c3)ccc2c1NC(=O)C1(c2ccccc2)CC1. The molecule has 0 bridgehead atoms. The number of carbonyl (C=O) groups excluding carboxylic acids is 2. The van der Waals surface area contributed by atoms with Gasteiger partial charge in [0.25, 0.3) is 0 Å². The van der Waals surface area contributed by atoms with E-state index in [-0.39, 0.29) is 5.91 Å². The van der Waals surface area contributed by atoms with E-state index in [0.29, 0.717) is 21.9 Å². The van der Waals surface area contributed by atoms with Crippen molar-refractivity contribution in [1.82, 2.24) is 19.7 Å². The highest BCUT2D eigenvalue weighted by Gasteiger charge is 2.51. The van der Waals surface area contributed by atoms with Gasteiger partial charge in [-0.1, -0.05) is 30.3 Å². The molecule has 0 aliphatic heterocycles. The molecule has 35 heavy (non-hydrogen) atoms. The summed E-state index contributed by atoms with van der Waals surface area (Å²) < 4.78 is 6.80. The summed E-state index contributed by atoms with van der Waals surface area (Å²) in [5, 5.41) is 8.02. The fourth-order valence-electron chi connectivity index (χ4n) is 4.43. The van der Waals surface area contributed by atoms with Gasteiger partial charge in [0.15, 0.2) is 0 Å². The van der Waals surface area contributed by atoms with Gasteiger partial charge in [-0.05, 0) is 37.6 Å². The predicted octanol–water partition coefficient (Wildman–Crippen LogP) is 4.12. The van der Waals surface area contributed by atoms with Crippen molar-refractivity contribution in [3.05, 3.63) is 76.6 Å². The number of carbonyl (C=O) groups is 2. The third kappa shape index (κ3) is 4.56. The van der Waals surface area contributed by atoms with Gasteiger partial charge in [0, 0.05) is 37.3 Å². The van der Waals surface area contributed by atoms with E-state index < -0.39 is 11.4 Å². The molecule has 0 saturated heterocycles. The minimum atomic E-state index is -0.550. The molecular weight excluding hydrogens is 462 g/mol. The number of methoxy groups -OCH3 is 1. The quantitative estimate of drug-likeness (QED) is 0.375. The van der Waals surface area contributed by atoms with Crippen molar-refractivity contribution in [2.45, 2.75) is 31.3 Å². The minimum absolute atomic E-state index is 0.103. The van der Waals surface area contributed by atoms with Gasteiger partial charge in [-0.3, -0.25) is 14.4 Å². The summed E-state index contributed by atoms with van der Waals surface area (Å²) >= 11 is 1.24. The highest BCUT2D eigenvalue weighted by molar-refractivity contribution is 7.21. The molecule has 8 nitrogen and oxygen atoms in total. The largest absolute Gasteiger partial charge is 0.465 e. The highest BCUT2D eigenvalue weighted by Crippen LogP contribution is 2.49. The zero-order valence-electron chi connectivity index (χ0n) is 19.9. The number of pyridine rings is 1. The van der Waals surface area contributed by atoms with Crippen LogP contribution in [0.5, 0.6) is 0 Å². The Morgan fingerprint density at radius 2 is 1.94 bits per heavy atom. The van der Waals surface area contributed by atoms with Crippen molar-refractivity contribution in [3.8, 4) is 0 Å². The summed E-state index contributed by atoms with van der Waals surface area (Å²) in [6, 6.07) is 13.7. The molecule has 9 heteroatoms. The Bertz CT molecular complexity index is 1390. The number of nitrogens with one attached hydrogen (secondary N) is 1. The summed E-state index contributed by atoms with van der Waals surface area (Å²) in [5.74, 6) is -0.586. The molecule has 0 atom stereocenters. The van der Waals surface area contributed by atoms with E-state index in [2.05, 4.69) is 15.3 Å². The predicted molar refractivity (Wildman–Crippen MR) is 135 cm³/mol. The number of rotatable bonds is 8. The second kappa shape index (κ2) is 9.24. The van der Waals surface area contributed by atoms with Crippen LogP contribution in [-0.4, -0.2) is 45.7 Å². The number of hydrogen-bond acceptors (Lipinski definition) is 7. The molecule has 1 aliphatic rings. The van der Waals surface area contributed by atoms with Crippen LogP contribution in [0.15, 0.2) is 54.9 Å². The summed E-state index contributed by atoms with van der Waals surface area (Å²) in [5.41, 5.74) is 2.92. The standard InChI is InChI=1S/C26H27N5O3S/c1-30(14-17-13-27-31(2)15-17)16-19-9-10-20-21(22(24(32)34-3)35-23(20)28-19)29-25(33)26(11-12-26)18-7-5-4-6-8-18/h4-10,13,15H,11-12,14,16H2,1-3H3,(H,29,33). The molecule has 3 aromatic heterocycles. The van der Waals surface area contributed by atoms with Gasteiger partial charge >= 0.3 is 5.97 Å². The topological polar surface area (TPSA) is 89.3 Å². The summed E-state index contributed by atoms with van der Waals surface area (Å²) in [7, 11) is 5.27. The number of thiophene rings is 1. The molecule has 1 saturated carbocycles. The molecule has 1 N–H and O–H groups in total. The summed E-state index contributed by atoms with van der Waals surface area (Å²) in [6.45, 7) is 1.38. The maximum absolute atomic E-state index is 13.4. The van der Waals surface area contributed by atoms with Crippen LogP contribution in [0.1, 0.15) is 39.3 Å². The number of esters is 1. The van der Waals surface area contributed by atoms with Crippen LogP contribution in [0.4, 0.5) is 5.69 Å². The van der Waals surface area contributed by atoms with E-state index in [1.807, 2.05) is 69.0 Å². The minimum Gasteiger partial charge on any atom is -0.465 e. The molecule has 180 valence electrons. The van der Waals surface area contributed by atoms with Gasteiger partial charge in [0.05, 0.1) is 30.1 Å². The van der Waals surface area contributed by atoms with Gasteiger partial charge in [0.1, 0.15) is 9.71 Å². The fourth-order valence-corrected chi connectivity index (χ4v) is 5.49. The Morgan fingerprint density at radius 3 is 2.60 bits per heavy atom. The number of aromatic nitrogens is 3. The van der Waals surface area contributed by atoms with Crippen LogP contribution < -0.4 is 5.32 Å². The first-order valence-electron chi connectivity index (χ1n) is 11.4. The third-order valence-corrected chi connectivity index (χ3v) is 7.46. The van der Waals surface area contributed by atoms with Gasteiger partial charge < -0.3 is 10.1 Å². The molecule has 1 fully saturated rings. The average Bonchev–Trinajstić information content (AvgIpc) is 3.47. The molecule has 4 aromatic rings. The van der Waals surface area contributed by atoms with Gasteiger partial charge in [-0.15, -0.1) is 11.3 Å². The lowest BCUT2D eigenvalue weighted by molar-refractivity contribution is -0.118. The average molecular weight is 490 g/mol. The molecule has 3 heterocycles. The molecule has 5 rings (SSSR count). The van der Waals surface area contributed by atoms with Crippen molar-refractivity contribution in [3.63, 3.8) is 0 Å². The number of anilines is 1. The second-order valence-electron chi connectivity index (χ2n) is 9.05. The zero-order valence-corrected chi connectivity index (χ0v) is 20.8. The van der Waals surface area contributed by atoms with E-state index in [0.717, 1.165) is 41.6 Å². The number of nitrogens with zero attached hydrogens (tertiary/aromatic N) is 4. The van der Waals surface area contributed by atoms with E-state index in [1.165, 1.54) is 18.4 Å². The molecule has 1 amide bonds. The van der Waals surface area contributed by atoms with Crippen molar-refractivity contribution in [2.75, 3.05) is 19.5 Å². The molecule has 1 aromatic carbocycles. The van der Waals surface area contributed by atoms with Crippen molar-refractivity contribution in [1.29, 1.82) is 0 Å². The molecular formula is C26H27N5O3S. The Kier molecular flexibility index (Phi) is 6.12. The lowest BCUT2D eigenvalue weighted by Crippen LogP contribution is -2.28. The number of ether oxygens (including phenoxy) is 1. The van der Waals surface area contributed by atoms with E-state index in [9.17, 15) is 9.59 Å². The maximum atomic E-state index is 13.4. The first kappa shape index (κ1) is 23.2. The number of benzene rings is 1. The molecule has 0 radical (unpaired) electrons. The van der Waals surface area contributed by atoms with E-state index in [4.69, 9.17) is 9.72 Å². The fraction of sp³-hybridized carbons (Fsp3) is 0.308. The first-order chi connectivity index (χ1) is 16.9. The maximum Gasteiger partial charge on any atom is 0.350 e. The van der Waals surface area contributed by atoms with Crippen LogP contribution >= 0.6 is 11.3 Å². The number of fused-ring (bicyclic) bond motifs is 1.